The van der Waals surface area contributed by atoms with Gasteiger partial charge in [-0.05, 0) is 18.2 Å². The maximum Gasteiger partial charge on any atom is 0.397 e. The van der Waals surface area contributed by atoms with Crippen molar-refractivity contribution in [1.82, 2.24) is 10.1 Å². The molecular formula is C10H6Cl2N2O3. The molecule has 0 atom stereocenters. The molecule has 0 bridgehead atoms. The van der Waals surface area contributed by atoms with Crippen LogP contribution in [-0.2, 0) is 4.74 Å². The van der Waals surface area contributed by atoms with Gasteiger partial charge in [0.15, 0.2) is 0 Å². The van der Waals surface area contributed by atoms with Crippen LogP contribution in [0.1, 0.15) is 10.7 Å². The van der Waals surface area contributed by atoms with E-state index in [4.69, 9.17) is 27.7 Å². The summed E-state index contributed by atoms with van der Waals surface area (Å²) in [6.45, 7) is 0. The number of carbonyl (C=O) groups is 1. The van der Waals surface area contributed by atoms with Crippen molar-refractivity contribution in [3.63, 3.8) is 0 Å². The van der Waals surface area contributed by atoms with Gasteiger partial charge in [-0.2, -0.15) is 4.98 Å². The Balaban J connectivity index is 2.40. The zero-order valence-corrected chi connectivity index (χ0v) is 10.1. The molecule has 17 heavy (non-hydrogen) atoms. The second-order valence-electron chi connectivity index (χ2n) is 3.04. The lowest BCUT2D eigenvalue weighted by atomic mass is 10.2. The third kappa shape index (κ3) is 2.40. The number of benzene rings is 1. The van der Waals surface area contributed by atoms with E-state index in [1.807, 2.05) is 0 Å². The molecular weight excluding hydrogens is 267 g/mol. The number of carbonyl (C=O) groups excluding carboxylic acids is 1. The molecule has 2 aromatic rings. The number of ether oxygens (including phenoxy) is 1. The Morgan fingerprint density at radius 2 is 2.18 bits per heavy atom. The SMILES string of the molecule is COC(=O)c1nc(-c2ccc(Cl)cc2Cl)no1. The summed E-state index contributed by atoms with van der Waals surface area (Å²) in [5.41, 5.74) is 0.523. The highest BCUT2D eigenvalue weighted by Gasteiger charge is 2.17. The molecule has 0 aliphatic rings. The molecule has 1 heterocycles. The zero-order chi connectivity index (χ0) is 12.4. The number of rotatable bonds is 2. The molecule has 7 heteroatoms. The van der Waals surface area contributed by atoms with Crippen LogP contribution in [0.15, 0.2) is 22.7 Å². The average molecular weight is 273 g/mol. The van der Waals surface area contributed by atoms with Crippen LogP contribution in [0.5, 0.6) is 0 Å². The summed E-state index contributed by atoms with van der Waals surface area (Å²) in [6, 6.07) is 4.82. The van der Waals surface area contributed by atoms with Gasteiger partial charge in [0.05, 0.1) is 12.1 Å². The fraction of sp³-hybridized carbons (Fsp3) is 0.100. The third-order valence-electron chi connectivity index (χ3n) is 1.96. The minimum Gasteiger partial charge on any atom is -0.462 e. The first-order chi connectivity index (χ1) is 8.11. The lowest BCUT2D eigenvalue weighted by Crippen LogP contribution is -2.00. The predicted molar refractivity (Wildman–Crippen MR) is 61.1 cm³/mol. The van der Waals surface area contributed by atoms with E-state index in [1.54, 1.807) is 18.2 Å². The van der Waals surface area contributed by atoms with Gasteiger partial charge in [0, 0.05) is 10.6 Å². The monoisotopic (exact) mass is 272 g/mol. The second kappa shape index (κ2) is 4.73. The molecule has 0 saturated heterocycles. The van der Waals surface area contributed by atoms with Gasteiger partial charge in [0.2, 0.25) is 5.82 Å². The van der Waals surface area contributed by atoms with Gasteiger partial charge in [-0.15, -0.1) is 0 Å². The Kier molecular flexibility index (Phi) is 3.31. The summed E-state index contributed by atoms with van der Waals surface area (Å²) in [5.74, 6) is -0.727. The Labute approximate surface area is 106 Å². The van der Waals surface area contributed by atoms with Crippen molar-refractivity contribution >= 4 is 29.2 Å². The smallest absolute Gasteiger partial charge is 0.397 e. The summed E-state index contributed by atoms with van der Waals surface area (Å²) in [4.78, 5) is 15.0. The van der Waals surface area contributed by atoms with Gasteiger partial charge >= 0.3 is 11.9 Å². The highest BCUT2D eigenvalue weighted by molar-refractivity contribution is 6.36. The van der Waals surface area contributed by atoms with Crippen molar-refractivity contribution in [3.8, 4) is 11.4 Å². The van der Waals surface area contributed by atoms with E-state index in [9.17, 15) is 4.79 Å². The number of methoxy groups -OCH3 is 1. The molecule has 0 spiro atoms. The van der Waals surface area contributed by atoms with Crippen LogP contribution in [0.3, 0.4) is 0 Å². The maximum absolute atomic E-state index is 11.1. The molecule has 88 valence electrons. The standard InChI is InChI=1S/C10H6Cl2N2O3/c1-16-10(15)9-13-8(14-17-9)6-3-2-5(11)4-7(6)12/h2-4H,1H3. The predicted octanol–water partition coefficient (Wildman–Crippen LogP) is 2.83. The van der Waals surface area contributed by atoms with Crippen molar-refractivity contribution in [2.75, 3.05) is 7.11 Å². The molecule has 0 amide bonds. The topological polar surface area (TPSA) is 65.2 Å². The van der Waals surface area contributed by atoms with Crippen molar-refractivity contribution in [2.45, 2.75) is 0 Å². The number of nitrogens with zero attached hydrogens (tertiary/aromatic N) is 2. The van der Waals surface area contributed by atoms with E-state index in [1.165, 1.54) is 7.11 Å². The van der Waals surface area contributed by atoms with Gasteiger partial charge in [0.1, 0.15) is 0 Å². The van der Waals surface area contributed by atoms with Gasteiger partial charge < -0.3 is 9.26 Å². The summed E-state index contributed by atoms with van der Waals surface area (Å²) in [6.07, 6.45) is 0. The van der Waals surface area contributed by atoms with E-state index >= 15 is 0 Å². The molecule has 1 aromatic heterocycles. The zero-order valence-electron chi connectivity index (χ0n) is 8.61. The summed E-state index contributed by atoms with van der Waals surface area (Å²) < 4.78 is 9.18. The van der Waals surface area contributed by atoms with E-state index in [-0.39, 0.29) is 11.7 Å². The highest BCUT2D eigenvalue weighted by Crippen LogP contribution is 2.28. The van der Waals surface area contributed by atoms with E-state index in [2.05, 4.69) is 14.9 Å². The van der Waals surface area contributed by atoms with Crippen LogP contribution in [0.25, 0.3) is 11.4 Å². The molecule has 0 aliphatic carbocycles. The Bertz CT molecular complexity index is 568. The minimum absolute atomic E-state index is 0.201. The van der Waals surface area contributed by atoms with Gasteiger partial charge in [0.25, 0.3) is 0 Å². The summed E-state index contributed by atoms with van der Waals surface area (Å²) >= 11 is 11.7. The number of hydrogen-bond donors (Lipinski definition) is 0. The van der Waals surface area contributed by atoms with E-state index in [0.717, 1.165) is 0 Å². The van der Waals surface area contributed by atoms with Crippen molar-refractivity contribution in [2.24, 2.45) is 0 Å². The first-order valence-corrected chi connectivity index (χ1v) is 5.25. The Morgan fingerprint density at radius 3 is 2.82 bits per heavy atom. The van der Waals surface area contributed by atoms with Crippen molar-refractivity contribution in [3.05, 3.63) is 34.1 Å². The quantitative estimate of drug-likeness (QED) is 0.787. The number of hydrogen-bond acceptors (Lipinski definition) is 5. The normalized spacial score (nSPS) is 10.3. The van der Waals surface area contributed by atoms with E-state index < -0.39 is 5.97 Å². The average Bonchev–Trinajstić information content (AvgIpc) is 2.77. The fourth-order valence-electron chi connectivity index (χ4n) is 1.17. The van der Waals surface area contributed by atoms with Crippen LogP contribution >= 0.6 is 23.2 Å². The lowest BCUT2D eigenvalue weighted by molar-refractivity contribution is 0.0545. The maximum atomic E-state index is 11.1. The van der Waals surface area contributed by atoms with Crippen LogP contribution < -0.4 is 0 Å². The molecule has 1 aromatic carbocycles. The lowest BCUT2D eigenvalue weighted by Gasteiger charge is -1.98. The molecule has 5 nitrogen and oxygen atoms in total. The molecule has 0 saturated carbocycles. The molecule has 2 rings (SSSR count). The molecule has 0 unspecified atom stereocenters. The number of esters is 1. The summed E-state index contributed by atoms with van der Waals surface area (Å²) in [7, 11) is 1.22. The molecule has 0 fully saturated rings. The fourth-order valence-corrected chi connectivity index (χ4v) is 1.67. The number of halogens is 2. The third-order valence-corrected chi connectivity index (χ3v) is 2.51. The minimum atomic E-state index is -0.700. The van der Waals surface area contributed by atoms with E-state index in [0.29, 0.717) is 15.6 Å². The Hall–Kier alpha value is -1.59. The molecule has 0 aliphatic heterocycles. The van der Waals surface area contributed by atoms with Gasteiger partial charge in [-0.1, -0.05) is 28.4 Å². The number of aromatic nitrogens is 2. The largest absolute Gasteiger partial charge is 0.462 e. The van der Waals surface area contributed by atoms with Gasteiger partial charge in [-0.25, -0.2) is 4.79 Å². The second-order valence-corrected chi connectivity index (χ2v) is 3.88. The van der Waals surface area contributed by atoms with Crippen LogP contribution in [0.2, 0.25) is 10.0 Å². The van der Waals surface area contributed by atoms with Crippen molar-refractivity contribution < 1.29 is 14.1 Å². The molecule has 0 N–H and O–H groups in total. The Morgan fingerprint density at radius 1 is 1.41 bits per heavy atom. The summed E-state index contributed by atoms with van der Waals surface area (Å²) in [5, 5.41) is 4.50. The highest BCUT2D eigenvalue weighted by atomic mass is 35.5. The first-order valence-electron chi connectivity index (χ1n) is 4.49. The molecule has 0 radical (unpaired) electrons. The first kappa shape index (κ1) is 11.9. The van der Waals surface area contributed by atoms with Crippen LogP contribution in [-0.4, -0.2) is 23.2 Å². The van der Waals surface area contributed by atoms with Crippen molar-refractivity contribution in [1.29, 1.82) is 0 Å². The van der Waals surface area contributed by atoms with Gasteiger partial charge in [-0.3, -0.25) is 0 Å². The van der Waals surface area contributed by atoms with Crippen LogP contribution in [0, 0.1) is 0 Å². The van der Waals surface area contributed by atoms with Crippen LogP contribution in [0.4, 0.5) is 0 Å².